The molecule has 0 N–H and O–H groups in total. The third-order valence-corrected chi connectivity index (χ3v) is 6.88. The molecule has 0 atom stereocenters. The molecule has 7 heteroatoms. The third-order valence-electron chi connectivity index (χ3n) is 3.43. The van der Waals surface area contributed by atoms with Gasteiger partial charge in [0.1, 0.15) is 0 Å². The fourth-order valence-corrected chi connectivity index (χ4v) is 5.26. The van der Waals surface area contributed by atoms with Crippen molar-refractivity contribution in [3.63, 3.8) is 0 Å². The van der Waals surface area contributed by atoms with Crippen molar-refractivity contribution in [3.05, 3.63) is 46.1 Å². The van der Waals surface area contributed by atoms with Crippen molar-refractivity contribution in [1.29, 1.82) is 0 Å². The molecule has 1 aromatic carbocycles. The van der Waals surface area contributed by atoms with Crippen molar-refractivity contribution < 1.29 is 8.42 Å². The highest BCUT2D eigenvalue weighted by molar-refractivity contribution is 7.91. The van der Waals surface area contributed by atoms with Gasteiger partial charge in [0.15, 0.2) is 8.68 Å². The average molecular weight is 329 g/mol. The van der Waals surface area contributed by atoms with Gasteiger partial charge < -0.3 is 0 Å². The summed E-state index contributed by atoms with van der Waals surface area (Å²) in [5.41, 5.74) is 2.46. The SMILES string of the molecule is O=S(=O)(c1cnc(Cl)s1)N1CCc2ccccc2CC1. The Morgan fingerprint density at radius 3 is 2.25 bits per heavy atom. The molecule has 4 nitrogen and oxygen atoms in total. The number of nitrogens with zero attached hydrogens (tertiary/aromatic N) is 2. The fraction of sp³-hybridized carbons (Fsp3) is 0.308. The van der Waals surface area contributed by atoms with Crippen molar-refractivity contribution in [2.75, 3.05) is 13.1 Å². The van der Waals surface area contributed by atoms with Crippen LogP contribution in [0.15, 0.2) is 34.7 Å². The molecule has 0 fully saturated rings. The number of hydrogen-bond acceptors (Lipinski definition) is 4. The summed E-state index contributed by atoms with van der Waals surface area (Å²) in [7, 11) is -3.48. The van der Waals surface area contributed by atoms with Gasteiger partial charge in [0, 0.05) is 13.1 Å². The molecule has 0 radical (unpaired) electrons. The van der Waals surface area contributed by atoms with Crippen LogP contribution in [0.2, 0.25) is 4.47 Å². The summed E-state index contributed by atoms with van der Waals surface area (Å²) in [6.07, 6.45) is 2.81. The Kier molecular flexibility index (Phi) is 3.81. The second-order valence-electron chi connectivity index (χ2n) is 4.61. The lowest BCUT2D eigenvalue weighted by atomic mass is 10.0. The van der Waals surface area contributed by atoms with E-state index < -0.39 is 10.0 Å². The first kappa shape index (κ1) is 14.0. The number of aromatic nitrogens is 1. The number of rotatable bonds is 2. The van der Waals surface area contributed by atoms with E-state index in [0.29, 0.717) is 13.1 Å². The van der Waals surface area contributed by atoms with E-state index in [1.165, 1.54) is 21.6 Å². The monoisotopic (exact) mass is 328 g/mol. The first-order chi connectivity index (χ1) is 9.57. The quantitative estimate of drug-likeness (QED) is 0.851. The van der Waals surface area contributed by atoms with E-state index in [4.69, 9.17) is 11.6 Å². The molecule has 0 amide bonds. The molecule has 1 aliphatic rings. The lowest BCUT2D eigenvalue weighted by molar-refractivity contribution is 0.428. The van der Waals surface area contributed by atoms with E-state index in [0.717, 1.165) is 24.2 Å². The Morgan fingerprint density at radius 2 is 1.75 bits per heavy atom. The molecule has 0 saturated heterocycles. The van der Waals surface area contributed by atoms with Gasteiger partial charge in [-0.2, -0.15) is 4.31 Å². The Hall–Kier alpha value is -0.950. The maximum Gasteiger partial charge on any atom is 0.254 e. The molecule has 106 valence electrons. The summed E-state index contributed by atoms with van der Waals surface area (Å²) < 4.78 is 27.1. The van der Waals surface area contributed by atoms with Gasteiger partial charge in [-0.1, -0.05) is 47.2 Å². The number of hydrogen-bond donors (Lipinski definition) is 0. The smallest absolute Gasteiger partial charge is 0.232 e. The zero-order valence-corrected chi connectivity index (χ0v) is 13.0. The molecule has 0 bridgehead atoms. The Labute approximate surface area is 127 Å². The molecule has 2 aromatic rings. The summed E-state index contributed by atoms with van der Waals surface area (Å²) in [5, 5.41) is 0. The summed E-state index contributed by atoms with van der Waals surface area (Å²) in [5.74, 6) is 0. The number of benzene rings is 1. The zero-order valence-electron chi connectivity index (χ0n) is 10.6. The minimum absolute atomic E-state index is 0.216. The van der Waals surface area contributed by atoms with Crippen molar-refractivity contribution in [2.24, 2.45) is 0 Å². The number of fused-ring (bicyclic) bond motifs is 1. The highest BCUT2D eigenvalue weighted by Crippen LogP contribution is 2.27. The lowest BCUT2D eigenvalue weighted by Crippen LogP contribution is -2.32. The number of thiazole rings is 1. The number of sulfonamides is 1. The van der Waals surface area contributed by atoms with Crippen LogP contribution in [0.25, 0.3) is 0 Å². The van der Waals surface area contributed by atoms with E-state index in [-0.39, 0.29) is 8.68 Å². The summed E-state index contributed by atoms with van der Waals surface area (Å²) >= 11 is 6.74. The standard InChI is InChI=1S/C13H13ClN2O2S2/c14-13-15-9-12(19-13)20(17,18)16-7-5-10-3-1-2-4-11(10)6-8-16/h1-4,9H,5-8H2. The largest absolute Gasteiger partial charge is 0.254 e. The molecule has 0 spiro atoms. The Morgan fingerprint density at radius 1 is 1.15 bits per heavy atom. The van der Waals surface area contributed by atoms with Crippen LogP contribution in [0.1, 0.15) is 11.1 Å². The van der Waals surface area contributed by atoms with Crippen LogP contribution < -0.4 is 0 Å². The molecule has 1 aromatic heterocycles. The highest BCUT2D eigenvalue weighted by Gasteiger charge is 2.28. The predicted molar refractivity (Wildman–Crippen MR) is 79.7 cm³/mol. The summed E-state index contributed by atoms with van der Waals surface area (Å²) in [6.45, 7) is 0.990. The fourth-order valence-electron chi connectivity index (χ4n) is 2.37. The average Bonchev–Trinajstić information content (AvgIpc) is 2.75. The number of halogens is 1. The molecular formula is C13H13ClN2O2S2. The third kappa shape index (κ3) is 2.61. The van der Waals surface area contributed by atoms with Gasteiger partial charge >= 0.3 is 0 Å². The molecule has 0 saturated carbocycles. The zero-order chi connectivity index (χ0) is 14.2. The van der Waals surface area contributed by atoms with Crippen molar-refractivity contribution in [1.82, 2.24) is 9.29 Å². The molecular weight excluding hydrogens is 316 g/mol. The van der Waals surface area contributed by atoms with Crippen LogP contribution in [-0.4, -0.2) is 30.8 Å². The maximum absolute atomic E-state index is 12.5. The van der Waals surface area contributed by atoms with Gasteiger partial charge in [-0.15, -0.1) is 0 Å². The van der Waals surface area contributed by atoms with Crippen LogP contribution in [0.5, 0.6) is 0 Å². The molecule has 0 unspecified atom stereocenters. The molecule has 2 heterocycles. The normalized spacial score (nSPS) is 16.6. The van der Waals surface area contributed by atoms with Crippen LogP contribution in [-0.2, 0) is 22.9 Å². The van der Waals surface area contributed by atoms with Crippen LogP contribution in [0.3, 0.4) is 0 Å². The molecule has 3 rings (SSSR count). The van der Waals surface area contributed by atoms with E-state index in [1.54, 1.807) is 0 Å². The minimum atomic E-state index is -3.48. The van der Waals surface area contributed by atoms with Gasteiger partial charge in [-0.05, 0) is 24.0 Å². The highest BCUT2D eigenvalue weighted by atomic mass is 35.5. The van der Waals surface area contributed by atoms with Gasteiger partial charge in [-0.3, -0.25) is 0 Å². The summed E-state index contributed by atoms with van der Waals surface area (Å²) in [4.78, 5) is 3.82. The van der Waals surface area contributed by atoms with Gasteiger partial charge in [-0.25, -0.2) is 13.4 Å². The van der Waals surface area contributed by atoms with Gasteiger partial charge in [0.05, 0.1) is 6.20 Å². The first-order valence-corrected chi connectivity index (χ1v) is 8.89. The second-order valence-corrected chi connectivity index (χ2v) is 8.38. The Balaban J connectivity index is 1.87. The lowest BCUT2D eigenvalue weighted by Gasteiger charge is -2.18. The topological polar surface area (TPSA) is 50.3 Å². The van der Waals surface area contributed by atoms with Crippen LogP contribution >= 0.6 is 22.9 Å². The van der Waals surface area contributed by atoms with E-state index >= 15 is 0 Å². The van der Waals surface area contributed by atoms with E-state index in [1.807, 2.05) is 12.1 Å². The van der Waals surface area contributed by atoms with Gasteiger partial charge in [0.25, 0.3) is 10.0 Å². The van der Waals surface area contributed by atoms with E-state index in [2.05, 4.69) is 17.1 Å². The van der Waals surface area contributed by atoms with E-state index in [9.17, 15) is 8.42 Å². The van der Waals surface area contributed by atoms with Crippen molar-refractivity contribution in [2.45, 2.75) is 17.1 Å². The molecule has 20 heavy (non-hydrogen) atoms. The predicted octanol–water partition coefficient (Wildman–Crippen LogP) is 2.59. The van der Waals surface area contributed by atoms with Crippen molar-refractivity contribution in [3.8, 4) is 0 Å². The Bertz CT molecular complexity index is 700. The molecule has 1 aliphatic heterocycles. The van der Waals surface area contributed by atoms with Gasteiger partial charge in [0.2, 0.25) is 0 Å². The van der Waals surface area contributed by atoms with Crippen molar-refractivity contribution >= 4 is 33.0 Å². The first-order valence-electron chi connectivity index (χ1n) is 6.25. The molecule has 0 aliphatic carbocycles. The van der Waals surface area contributed by atoms with Crippen LogP contribution in [0.4, 0.5) is 0 Å². The second kappa shape index (κ2) is 5.44. The van der Waals surface area contributed by atoms with Crippen LogP contribution in [0, 0.1) is 0 Å². The minimum Gasteiger partial charge on any atom is -0.232 e. The summed E-state index contributed by atoms with van der Waals surface area (Å²) in [6, 6.07) is 8.11. The maximum atomic E-state index is 12.5.